The smallest absolute Gasteiger partial charge is 0.124 e. The molecule has 1 saturated carbocycles. The summed E-state index contributed by atoms with van der Waals surface area (Å²) in [5.74, 6) is 0.462. The first-order valence-corrected chi connectivity index (χ1v) is 5.26. The molecule has 14 heavy (non-hydrogen) atoms. The molecule has 2 aliphatic rings. The van der Waals surface area contributed by atoms with E-state index in [4.69, 9.17) is 11.6 Å². The van der Waals surface area contributed by atoms with Gasteiger partial charge in [0.05, 0.1) is 0 Å². The zero-order chi connectivity index (χ0) is 9.76. The number of benzene rings is 1. The summed E-state index contributed by atoms with van der Waals surface area (Å²) in [6.45, 7) is 2.07. The Morgan fingerprint density at radius 3 is 2.93 bits per heavy atom. The third-order valence-corrected chi connectivity index (χ3v) is 3.84. The van der Waals surface area contributed by atoms with Gasteiger partial charge in [0, 0.05) is 17.0 Å². The quantitative estimate of drug-likeness (QED) is 0.752. The van der Waals surface area contributed by atoms with Gasteiger partial charge in [-0.2, -0.15) is 0 Å². The van der Waals surface area contributed by atoms with Gasteiger partial charge in [0.25, 0.3) is 0 Å². The van der Waals surface area contributed by atoms with Crippen molar-refractivity contribution in [1.29, 1.82) is 0 Å². The topological polar surface area (TPSA) is 12.0 Å². The van der Waals surface area contributed by atoms with Gasteiger partial charge in [-0.05, 0) is 36.6 Å². The summed E-state index contributed by atoms with van der Waals surface area (Å²) in [6, 6.07) is 4.76. The standard InChI is InChI=1S/C11H11ClFN/c12-10-3-8(13)1-2-9(10)11-4-7(11)5-14-6-11/h1-3,7,14H,4-6H2/t7-,11-/m0/s1. The van der Waals surface area contributed by atoms with E-state index in [1.807, 2.05) is 6.07 Å². The molecule has 0 spiro atoms. The first-order valence-electron chi connectivity index (χ1n) is 4.89. The van der Waals surface area contributed by atoms with Crippen LogP contribution in [-0.2, 0) is 5.41 Å². The second kappa shape index (κ2) is 2.71. The van der Waals surface area contributed by atoms with Crippen LogP contribution in [0.15, 0.2) is 18.2 Å². The van der Waals surface area contributed by atoms with Gasteiger partial charge in [0.2, 0.25) is 0 Å². The zero-order valence-electron chi connectivity index (χ0n) is 7.69. The molecule has 74 valence electrons. The number of halogens is 2. The second-order valence-electron chi connectivity index (χ2n) is 4.31. The Kier molecular flexibility index (Phi) is 1.68. The third kappa shape index (κ3) is 1.04. The van der Waals surface area contributed by atoms with Gasteiger partial charge in [-0.3, -0.25) is 0 Å². The Labute approximate surface area is 87.3 Å². The van der Waals surface area contributed by atoms with Crippen molar-refractivity contribution in [3.8, 4) is 0 Å². The Morgan fingerprint density at radius 2 is 2.36 bits per heavy atom. The van der Waals surface area contributed by atoms with E-state index in [0.717, 1.165) is 18.7 Å². The van der Waals surface area contributed by atoms with Crippen LogP contribution in [-0.4, -0.2) is 13.1 Å². The molecule has 1 heterocycles. The highest BCUT2D eigenvalue weighted by molar-refractivity contribution is 6.31. The van der Waals surface area contributed by atoms with Crippen molar-refractivity contribution >= 4 is 11.6 Å². The van der Waals surface area contributed by atoms with Crippen LogP contribution in [0, 0.1) is 11.7 Å². The molecule has 1 N–H and O–H groups in total. The first-order chi connectivity index (χ1) is 6.72. The molecule has 0 bridgehead atoms. The minimum absolute atomic E-state index is 0.227. The van der Waals surface area contributed by atoms with E-state index in [1.165, 1.54) is 18.6 Å². The second-order valence-corrected chi connectivity index (χ2v) is 4.72. The van der Waals surface area contributed by atoms with Crippen LogP contribution in [0.25, 0.3) is 0 Å². The van der Waals surface area contributed by atoms with E-state index in [9.17, 15) is 4.39 Å². The fourth-order valence-electron chi connectivity index (χ4n) is 2.65. The summed E-state index contributed by atoms with van der Waals surface area (Å²) in [5, 5.41) is 3.93. The highest BCUT2D eigenvalue weighted by atomic mass is 35.5. The number of piperidine rings is 1. The monoisotopic (exact) mass is 211 g/mol. The SMILES string of the molecule is Fc1ccc([C@@]23CNC[C@@H]2C3)c(Cl)c1. The Balaban J connectivity index is 2.05. The molecule has 1 aromatic rings. The van der Waals surface area contributed by atoms with Gasteiger partial charge in [-0.25, -0.2) is 4.39 Å². The Hall–Kier alpha value is -0.600. The normalized spacial score (nSPS) is 34.3. The maximum Gasteiger partial charge on any atom is 0.124 e. The van der Waals surface area contributed by atoms with Gasteiger partial charge in [-0.15, -0.1) is 0 Å². The van der Waals surface area contributed by atoms with Gasteiger partial charge < -0.3 is 5.32 Å². The van der Waals surface area contributed by atoms with Crippen LogP contribution in [0.5, 0.6) is 0 Å². The van der Waals surface area contributed by atoms with Crippen molar-refractivity contribution in [3.05, 3.63) is 34.6 Å². The van der Waals surface area contributed by atoms with E-state index >= 15 is 0 Å². The summed E-state index contributed by atoms with van der Waals surface area (Å²) in [7, 11) is 0. The van der Waals surface area contributed by atoms with Crippen LogP contribution in [0.3, 0.4) is 0 Å². The van der Waals surface area contributed by atoms with E-state index in [-0.39, 0.29) is 11.2 Å². The predicted molar refractivity (Wildman–Crippen MR) is 54.1 cm³/mol. The summed E-state index contributed by atoms with van der Waals surface area (Å²) in [5.41, 5.74) is 1.35. The molecule has 0 unspecified atom stereocenters. The highest BCUT2D eigenvalue weighted by Gasteiger charge is 2.58. The number of hydrogen-bond donors (Lipinski definition) is 1. The molecule has 0 aromatic heterocycles. The lowest BCUT2D eigenvalue weighted by Gasteiger charge is -2.13. The van der Waals surface area contributed by atoms with Crippen molar-refractivity contribution in [3.63, 3.8) is 0 Å². The third-order valence-electron chi connectivity index (χ3n) is 3.53. The van der Waals surface area contributed by atoms with E-state index in [2.05, 4.69) is 5.32 Å². The molecule has 0 radical (unpaired) electrons. The molecular weight excluding hydrogens is 201 g/mol. The van der Waals surface area contributed by atoms with Crippen LogP contribution in [0.2, 0.25) is 5.02 Å². The maximum atomic E-state index is 12.9. The number of rotatable bonds is 1. The van der Waals surface area contributed by atoms with Crippen molar-refractivity contribution in [2.24, 2.45) is 5.92 Å². The molecule has 2 atom stereocenters. The van der Waals surface area contributed by atoms with Gasteiger partial charge in [0.15, 0.2) is 0 Å². The van der Waals surface area contributed by atoms with Crippen molar-refractivity contribution in [2.45, 2.75) is 11.8 Å². The molecule has 0 amide bonds. The minimum atomic E-state index is -0.252. The lowest BCUT2D eigenvalue weighted by molar-refractivity contribution is 0.622. The van der Waals surface area contributed by atoms with Crippen molar-refractivity contribution in [2.75, 3.05) is 13.1 Å². The zero-order valence-corrected chi connectivity index (χ0v) is 8.44. The molecular formula is C11H11ClFN. The van der Waals surface area contributed by atoms with Crippen LogP contribution >= 0.6 is 11.6 Å². The summed E-state index contributed by atoms with van der Waals surface area (Å²) in [6.07, 6.45) is 1.20. The lowest BCUT2D eigenvalue weighted by atomic mass is 9.95. The number of fused-ring (bicyclic) bond motifs is 1. The molecule has 2 fully saturated rings. The Bertz CT molecular complexity index is 393. The molecule has 3 heteroatoms. The summed E-state index contributed by atoms with van der Waals surface area (Å²) in [4.78, 5) is 0. The minimum Gasteiger partial charge on any atom is -0.316 e. The van der Waals surface area contributed by atoms with Crippen LogP contribution in [0.4, 0.5) is 4.39 Å². The largest absolute Gasteiger partial charge is 0.316 e. The fourth-order valence-corrected chi connectivity index (χ4v) is 3.01. The molecule has 1 saturated heterocycles. The number of nitrogens with one attached hydrogen (secondary N) is 1. The average molecular weight is 212 g/mol. The molecule has 3 rings (SSSR count). The van der Waals surface area contributed by atoms with Crippen molar-refractivity contribution in [1.82, 2.24) is 5.32 Å². The van der Waals surface area contributed by atoms with Gasteiger partial charge >= 0.3 is 0 Å². The van der Waals surface area contributed by atoms with Crippen molar-refractivity contribution < 1.29 is 4.39 Å². The van der Waals surface area contributed by atoms with E-state index < -0.39 is 0 Å². The van der Waals surface area contributed by atoms with Crippen LogP contribution < -0.4 is 5.32 Å². The first kappa shape index (κ1) is 8.69. The Morgan fingerprint density at radius 1 is 1.50 bits per heavy atom. The fraction of sp³-hybridized carbons (Fsp3) is 0.455. The van der Waals surface area contributed by atoms with Gasteiger partial charge in [0.1, 0.15) is 5.82 Å². The molecule has 1 aliphatic carbocycles. The summed E-state index contributed by atoms with van der Waals surface area (Å²) < 4.78 is 12.9. The highest BCUT2D eigenvalue weighted by Crippen LogP contribution is 2.57. The molecule has 1 aromatic carbocycles. The van der Waals surface area contributed by atoms with Crippen LogP contribution in [0.1, 0.15) is 12.0 Å². The maximum absolute atomic E-state index is 12.9. The lowest BCUT2D eigenvalue weighted by Crippen LogP contribution is -2.19. The van der Waals surface area contributed by atoms with E-state index in [1.54, 1.807) is 0 Å². The molecule has 1 aliphatic heterocycles. The predicted octanol–water partition coefficient (Wildman–Crippen LogP) is 2.34. The number of hydrogen-bond acceptors (Lipinski definition) is 1. The van der Waals surface area contributed by atoms with Gasteiger partial charge in [-0.1, -0.05) is 17.7 Å². The molecule has 1 nitrogen and oxygen atoms in total. The average Bonchev–Trinajstić information content (AvgIpc) is 2.69. The van der Waals surface area contributed by atoms with E-state index in [0.29, 0.717) is 10.9 Å². The summed E-state index contributed by atoms with van der Waals surface area (Å²) >= 11 is 6.06.